The van der Waals surface area contributed by atoms with E-state index in [0.717, 1.165) is 4.90 Å². The summed E-state index contributed by atoms with van der Waals surface area (Å²) in [5.74, 6) is -0.869. The standard InChI is InChI=1S/C13H14FNO2.H2S/c1-8(2)11(7-14)15-12(16)9-5-3-4-6-10(9)13(15)17;/h3-6,8,11H,7H2,1-2H3;1H2/t11-;/m1./s1. The van der Waals surface area contributed by atoms with Crippen molar-refractivity contribution in [2.45, 2.75) is 19.9 Å². The molecule has 0 unspecified atom stereocenters. The van der Waals surface area contributed by atoms with Gasteiger partial charge in [0.1, 0.15) is 6.67 Å². The van der Waals surface area contributed by atoms with E-state index in [1.165, 1.54) is 0 Å². The molecule has 0 saturated carbocycles. The fraction of sp³-hybridized carbons (Fsp3) is 0.385. The van der Waals surface area contributed by atoms with Crippen molar-refractivity contribution in [3.8, 4) is 0 Å². The Balaban J connectivity index is 0.00000162. The summed E-state index contributed by atoms with van der Waals surface area (Å²) < 4.78 is 13.0. The second-order valence-corrected chi connectivity index (χ2v) is 4.49. The third-order valence-corrected chi connectivity index (χ3v) is 3.08. The Labute approximate surface area is 112 Å². The lowest BCUT2D eigenvalue weighted by molar-refractivity contribution is 0.0508. The van der Waals surface area contributed by atoms with Gasteiger partial charge in [-0.3, -0.25) is 14.5 Å². The molecule has 1 aliphatic heterocycles. The maximum Gasteiger partial charge on any atom is 0.261 e. The molecular weight excluding hydrogens is 253 g/mol. The Morgan fingerprint density at radius 2 is 1.56 bits per heavy atom. The molecule has 2 amide bonds. The first-order valence-electron chi connectivity index (χ1n) is 5.60. The maximum atomic E-state index is 13.0. The smallest absolute Gasteiger partial charge is 0.261 e. The van der Waals surface area contributed by atoms with E-state index < -0.39 is 12.7 Å². The molecule has 0 saturated heterocycles. The highest BCUT2D eigenvalue weighted by Gasteiger charge is 2.40. The SMILES string of the molecule is CC(C)[C@@H](CF)N1C(=O)c2ccccc2C1=O.S. The zero-order valence-electron chi connectivity index (χ0n) is 10.3. The molecule has 1 atom stereocenters. The first-order chi connectivity index (χ1) is 8.07. The van der Waals surface area contributed by atoms with Gasteiger partial charge in [0.05, 0.1) is 17.2 Å². The van der Waals surface area contributed by atoms with E-state index in [9.17, 15) is 14.0 Å². The molecule has 1 aromatic carbocycles. The van der Waals surface area contributed by atoms with Crippen LogP contribution in [0, 0.1) is 5.92 Å². The van der Waals surface area contributed by atoms with Crippen LogP contribution in [0.15, 0.2) is 24.3 Å². The lowest BCUT2D eigenvalue weighted by Crippen LogP contribution is -2.44. The number of hydrogen-bond donors (Lipinski definition) is 0. The second kappa shape index (κ2) is 5.52. The Kier molecular flexibility index (Phi) is 4.51. The van der Waals surface area contributed by atoms with Gasteiger partial charge in [0, 0.05) is 0 Å². The Hall–Kier alpha value is -1.36. The van der Waals surface area contributed by atoms with E-state index in [1.54, 1.807) is 38.1 Å². The summed E-state index contributed by atoms with van der Waals surface area (Å²) in [7, 11) is 0. The van der Waals surface area contributed by atoms with Crippen molar-refractivity contribution in [2.75, 3.05) is 6.67 Å². The van der Waals surface area contributed by atoms with E-state index >= 15 is 0 Å². The zero-order chi connectivity index (χ0) is 12.6. The van der Waals surface area contributed by atoms with Gasteiger partial charge in [-0.25, -0.2) is 4.39 Å². The van der Waals surface area contributed by atoms with Crippen LogP contribution in [-0.2, 0) is 0 Å². The van der Waals surface area contributed by atoms with E-state index in [2.05, 4.69) is 0 Å². The molecule has 1 aromatic rings. The van der Waals surface area contributed by atoms with E-state index in [1.807, 2.05) is 0 Å². The van der Waals surface area contributed by atoms with Gasteiger partial charge >= 0.3 is 0 Å². The minimum absolute atomic E-state index is 0. The summed E-state index contributed by atoms with van der Waals surface area (Å²) in [6.07, 6.45) is 0. The van der Waals surface area contributed by atoms with Crippen LogP contribution >= 0.6 is 13.5 Å². The van der Waals surface area contributed by atoms with Crippen LogP contribution in [0.5, 0.6) is 0 Å². The quantitative estimate of drug-likeness (QED) is 0.790. The van der Waals surface area contributed by atoms with Gasteiger partial charge in [0.2, 0.25) is 0 Å². The highest BCUT2D eigenvalue weighted by atomic mass is 32.1. The van der Waals surface area contributed by atoms with Crippen molar-refractivity contribution >= 4 is 25.3 Å². The van der Waals surface area contributed by atoms with Gasteiger partial charge in [-0.1, -0.05) is 26.0 Å². The predicted molar refractivity (Wildman–Crippen MR) is 71.9 cm³/mol. The van der Waals surface area contributed by atoms with E-state index in [0.29, 0.717) is 11.1 Å². The molecule has 0 fully saturated rings. The normalized spacial score (nSPS) is 15.7. The maximum absolute atomic E-state index is 13.0. The molecule has 5 heteroatoms. The average molecular weight is 269 g/mol. The van der Waals surface area contributed by atoms with Crippen molar-refractivity contribution in [2.24, 2.45) is 5.92 Å². The molecule has 1 aliphatic rings. The lowest BCUT2D eigenvalue weighted by atomic mass is 10.0. The van der Waals surface area contributed by atoms with Gasteiger partial charge in [-0.15, -0.1) is 0 Å². The Bertz CT molecular complexity index is 441. The molecule has 98 valence electrons. The van der Waals surface area contributed by atoms with Crippen molar-refractivity contribution < 1.29 is 14.0 Å². The van der Waals surface area contributed by atoms with Gasteiger partial charge in [0.25, 0.3) is 11.8 Å². The third-order valence-electron chi connectivity index (χ3n) is 3.08. The third kappa shape index (κ3) is 2.14. The summed E-state index contributed by atoms with van der Waals surface area (Å²) in [5.41, 5.74) is 0.744. The number of imide groups is 1. The van der Waals surface area contributed by atoms with Crippen LogP contribution in [0.2, 0.25) is 0 Å². The number of carbonyl (C=O) groups excluding carboxylic acids is 2. The molecule has 0 radical (unpaired) electrons. The van der Waals surface area contributed by atoms with Crippen molar-refractivity contribution in [1.82, 2.24) is 4.90 Å². The van der Waals surface area contributed by atoms with Crippen LogP contribution in [0.25, 0.3) is 0 Å². The Morgan fingerprint density at radius 1 is 1.11 bits per heavy atom. The molecule has 0 N–H and O–H groups in total. The monoisotopic (exact) mass is 269 g/mol. The summed E-state index contributed by atoms with van der Waals surface area (Å²) in [4.78, 5) is 25.2. The number of benzene rings is 1. The zero-order valence-corrected chi connectivity index (χ0v) is 11.3. The molecule has 18 heavy (non-hydrogen) atoms. The largest absolute Gasteiger partial charge is 0.269 e. The van der Waals surface area contributed by atoms with Crippen molar-refractivity contribution in [3.05, 3.63) is 35.4 Å². The van der Waals surface area contributed by atoms with Gasteiger partial charge in [0.15, 0.2) is 0 Å². The number of fused-ring (bicyclic) bond motifs is 1. The number of rotatable bonds is 3. The molecular formula is C13H16FNO2S. The molecule has 0 aromatic heterocycles. The van der Waals surface area contributed by atoms with E-state index in [-0.39, 0.29) is 31.2 Å². The topological polar surface area (TPSA) is 37.4 Å². The number of alkyl halides is 1. The molecule has 0 aliphatic carbocycles. The highest BCUT2D eigenvalue weighted by molar-refractivity contribution is 7.59. The van der Waals surface area contributed by atoms with Crippen LogP contribution < -0.4 is 0 Å². The molecule has 0 spiro atoms. The van der Waals surface area contributed by atoms with Crippen LogP contribution in [0.1, 0.15) is 34.6 Å². The van der Waals surface area contributed by atoms with Gasteiger partial charge < -0.3 is 0 Å². The minimum Gasteiger partial charge on any atom is -0.269 e. The number of carbonyl (C=O) groups is 2. The predicted octanol–water partition coefficient (Wildman–Crippen LogP) is 2.39. The Morgan fingerprint density at radius 3 is 1.89 bits per heavy atom. The van der Waals surface area contributed by atoms with Crippen molar-refractivity contribution in [3.63, 3.8) is 0 Å². The van der Waals surface area contributed by atoms with Gasteiger partial charge in [-0.05, 0) is 18.1 Å². The van der Waals surface area contributed by atoms with Crippen LogP contribution in [-0.4, -0.2) is 29.4 Å². The second-order valence-electron chi connectivity index (χ2n) is 4.49. The van der Waals surface area contributed by atoms with Crippen LogP contribution in [0.3, 0.4) is 0 Å². The summed E-state index contributed by atoms with van der Waals surface area (Å²) in [6, 6.07) is 5.93. The fourth-order valence-electron chi connectivity index (χ4n) is 2.05. The minimum atomic E-state index is -0.705. The van der Waals surface area contributed by atoms with E-state index in [4.69, 9.17) is 0 Å². The molecule has 3 nitrogen and oxygen atoms in total. The number of halogens is 1. The lowest BCUT2D eigenvalue weighted by Gasteiger charge is -2.26. The summed E-state index contributed by atoms with van der Waals surface area (Å²) in [5, 5.41) is 0. The summed E-state index contributed by atoms with van der Waals surface area (Å²) >= 11 is 0. The number of amides is 2. The molecule has 0 bridgehead atoms. The van der Waals surface area contributed by atoms with Crippen LogP contribution in [0.4, 0.5) is 4.39 Å². The first kappa shape index (κ1) is 14.7. The number of hydrogen-bond acceptors (Lipinski definition) is 2. The first-order valence-corrected chi connectivity index (χ1v) is 5.60. The van der Waals surface area contributed by atoms with Gasteiger partial charge in [-0.2, -0.15) is 13.5 Å². The number of nitrogens with zero attached hydrogens (tertiary/aromatic N) is 1. The fourth-order valence-corrected chi connectivity index (χ4v) is 2.05. The van der Waals surface area contributed by atoms with Crippen molar-refractivity contribution in [1.29, 1.82) is 0 Å². The summed E-state index contributed by atoms with van der Waals surface area (Å²) in [6.45, 7) is 2.89. The highest BCUT2D eigenvalue weighted by Crippen LogP contribution is 2.27. The molecule has 2 rings (SSSR count). The molecule has 1 heterocycles. The average Bonchev–Trinajstić information content (AvgIpc) is 2.56.